The number of halogens is 1. The normalized spacial score (nSPS) is 12.2. The lowest BCUT2D eigenvalue weighted by Crippen LogP contribution is -2.28. The molecular formula is C23H23ClN2O3S. The first kappa shape index (κ1) is 21.9. The Morgan fingerprint density at radius 3 is 2.27 bits per heavy atom. The number of anilines is 1. The molecule has 0 bridgehead atoms. The molecule has 0 heterocycles. The van der Waals surface area contributed by atoms with Gasteiger partial charge >= 0.3 is 0 Å². The molecule has 7 heteroatoms. The number of benzene rings is 3. The molecule has 3 aromatic rings. The molecule has 0 radical (unpaired) electrons. The predicted octanol–water partition coefficient (Wildman–Crippen LogP) is 5.33. The summed E-state index contributed by atoms with van der Waals surface area (Å²) in [5.74, 6) is -0.277. The van der Waals surface area contributed by atoms with Crippen LogP contribution in [0.15, 0.2) is 77.7 Å². The van der Waals surface area contributed by atoms with Crippen molar-refractivity contribution in [1.29, 1.82) is 0 Å². The van der Waals surface area contributed by atoms with Gasteiger partial charge in [-0.15, -0.1) is 0 Å². The van der Waals surface area contributed by atoms with Crippen molar-refractivity contribution in [3.05, 3.63) is 94.5 Å². The number of nitrogens with one attached hydrogen (secondary N) is 2. The molecule has 0 spiro atoms. The monoisotopic (exact) mass is 442 g/mol. The molecule has 5 nitrogen and oxygen atoms in total. The minimum Gasteiger partial charge on any atom is -0.345 e. The highest BCUT2D eigenvalue weighted by Crippen LogP contribution is 2.26. The van der Waals surface area contributed by atoms with Gasteiger partial charge < -0.3 is 5.32 Å². The van der Waals surface area contributed by atoms with Crippen molar-refractivity contribution in [2.24, 2.45) is 0 Å². The zero-order chi connectivity index (χ0) is 21.7. The Kier molecular flexibility index (Phi) is 6.80. The van der Waals surface area contributed by atoms with Crippen molar-refractivity contribution in [1.82, 2.24) is 5.32 Å². The lowest BCUT2D eigenvalue weighted by atomic mass is 10.0. The van der Waals surface area contributed by atoms with Crippen LogP contribution in [-0.2, 0) is 10.0 Å². The predicted molar refractivity (Wildman–Crippen MR) is 120 cm³/mol. The van der Waals surface area contributed by atoms with E-state index in [1.807, 2.05) is 44.2 Å². The fourth-order valence-corrected chi connectivity index (χ4v) is 4.37. The lowest BCUT2D eigenvalue weighted by molar-refractivity contribution is 0.0935. The van der Waals surface area contributed by atoms with Gasteiger partial charge in [0.25, 0.3) is 15.9 Å². The van der Waals surface area contributed by atoms with Crippen molar-refractivity contribution in [3.8, 4) is 0 Å². The number of hydrogen-bond donors (Lipinski definition) is 2. The summed E-state index contributed by atoms with van der Waals surface area (Å²) in [6.45, 7) is 3.87. The van der Waals surface area contributed by atoms with Crippen molar-refractivity contribution in [2.75, 3.05) is 4.72 Å². The second-order valence-electron chi connectivity index (χ2n) is 6.96. The van der Waals surface area contributed by atoms with Crippen LogP contribution in [0.5, 0.6) is 0 Å². The Bertz CT molecular complexity index is 1130. The van der Waals surface area contributed by atoms with E-state index in [9.17, 15) is 13.2 Å². The van der Waals surface area contributed by atoms with Gasteiger partial charge in [0, 0.05) is 5.56 Å². The molecule has 0 saturated heterocycles. The molecule has 0 unspecified atom stereocenters. The Hall–Kier alpha value is -2.83. The van der Waals surface area contributed by atoms with E-state index in [0.29, 0.717) is 5.56 Å². The summed E-state index contributed by atoms with van der Waals surface area (Å²) in [5, 5.41) is 3.13. The SMILES string of the molecule is CC[C@@H](NC(=O)c1ccc(NS(=O)(=O)c2ccc(C)cc2)c(Cl)c1)c1ccccc1. The molecule has 0 aliphatic rings. The van der Waals surface area contributed by atoms with Gasteiger partial charge in [0.05, 0.1) is 21.6 Å². The van der Waals surface area contributed by atoms with Crippen LogP contribution in [0.3, 0.4) is 0 Å². The van der Waals surface area contributed by atoms with Crippen molar-refractivity contribution >= 4 is 33.2 Å². The molecule has 30 heavy (non-hydrogen) atoms. The van der Waals surface area contributed by atoms with E-state index in [-0.39, 0.29) is 27.6 Å². The highest BCUT2D eigenvalue weighted by Gasteiger charge is 2.18. The van der Waals surface area contributed by atoms with Crippen LogP contribution in [0, 0.1) is 6.92 Å². The van der Waals surface area contributed by atoms with Crippen LogP contribution in [0.25, 0.3) is 0 Å². The average Bonchev–Trinajstić information content (AvgIpc) is 2.74. The van der Waals surface area contributed by atoms with Crippen molar-refractivity contribution < 1.29 is 13.2 Å². The Balaban J connectivity index is 1.76. The number of carbonyl (C=O) groups is 1. The van der Waals surface area contributed by atoms with Gasteiger partial charge in [-0.2, -0.15) is 0 Å². The quantitative estimate of drug-likeness (QED) is 0.519. The largest absolute Gasteiger partial charge is 0.345 e. The Morgan fingerprint density at radius 1 is 1.00 bits per heavy atom. The van der Waals surface area contributed by atoms with E-state index in [1.165, 1.54) is 24.3 Å². The van der Waals surface area contributed by atoms with Crippen molar-refractivity contribution in [2.45, 2.75) is 31.2 Å². The number of aryl methyl sites for hydroxylation is 1. The summed E-state index contributed by atoms with van der Waals surface area (Å²) < 4.78 is 27.6. The summed E-state index contributed by atoms with van der Waals surface area (Å²) in [7, 11) is -3.78. The van der Waals surface area contributed by atoms with Crippen LogP contribution in [0.2, 0.25) is 5.02 Å². The zero-order valence-corrected chi connectivity index (χ0v) is 18.3. The summed E-state index contributed by atoms with van der Waals surface area (Å²) in [5.41, 5.74) is 2.54. The number of sulfonamides is 1. The molecule has 1 atom stereocenters. The fourth-order valence-electron chi connectivity index (χ4n) is 3.01. The van der Waals surface area contributed by atoms with E-state index in [2.05, 4.69) is 10.0 Å². The number of carbonyl (C=O) groups excluding carboxylic acids is 1. The van der Waals surface area contributed by atoms with Crippen LogP contribution < -0.4 is 10.0 Å². The third-order valence-electron chi connectivity index (χ3n) is 4.72. The van der Waals surface area contributed by atoms with Crippen LogP contribution in [-0.4, -0.2) is 14.3 Å². The number of hydrogen-bond acceptors (Lipinski definition) is 3. The summed E-state index contributed by atoms with van der Waals surface area (Å²) in [6, 6.07) is 20.6. The van der Waals surface area contributed by atoms with Gasteiger partial charge in [0.15, 0.2) is 0 Å². The van der Waals surface area contributed by atoms with Gasteiger partial charge in [0.2, 0.25) is 0 Å². The summed E-state index contributed by atoms with van der Waals surface area (Å²) in [6.07, 6.45) is 0.734. The van der Waals surface area contributed by atoms with Crippen LogP contribution >= 0.6 is 11.6 Å². The first-order valence-electron chi connectivity index (χ1n) is 9.55. The minimum absolute atomic E-state index is 0.128. The highest BCUT2D eigenvalue weighted by molar-refractivity contribution is 7.92. The molecule has 1 amide bonds. The lowest BCUT2D eigenvalue weighted by Gasteiger charge is -2.18. The topological polar surface area (TPSA) is 75.3 Å². The molecule has 0 aliphatic carbocycles. The summed E-state index contributed by atoms with van der Waals surface area (Å²) in [4.78, 5) is 12.8. The first-order chi connectivity index (χ1) is 14.3. The van der Waals surface area contributed by atoms with E-state index >= 15 is 0 Å². The molecule has 156 valence electrons. The second kappa shape index (κ2) is 9.32. The van der Waals surface area contributed by atoms with Gasteiger partial charge in [-0.1, -0.05) is 66.6 Å². The molecule has 3 aromatic carbocycles. The molecular weight excluding hydrogens is 420 g/mol. The molecule has 0 saturated carbocycles. The van der Waals surface area contributed by atoms with Gasteiger partial charge in [0.1, 0.15) is 0 Å². The van der Waals surface area contributed by atoms with E-state index in [1.54, 1.807) is 18.2 Å². The number of amides is 1. The Labute approximate surface area is 182 Å². The molecule has 3 rings (SSSR count). The van der Waals surface area contributed by atoms with Crippen LogP contribution in [0.1, 0.15) is 40.9 Å². The van der Waals surface area contributed by atoms with Gasteiger partial charge in [-0.05, 0) is 49.2 Å². The molecule has 0 aromatic heterocycles. The maximum Gasteiger partial charge on any atom is 0.261 e. The Morgan fingerprint density at radius 2 is 1.67 bits per heavy atom. The van der Waals surface area contributed by atoms with E-state index in [4.69, 9.17) is 11.6 Å². The van der Waals surface area contributed by atoms with E-state index in [0.717, 1.165) is 17.5 Å². The molecule has 2 N–H and O–H groups in total. The maximum absolute atomic E-state index is 12.7. The number of rotatable bonds is 7. The summed E-state index contributed by atoms with van der Waals surface area (Å²) >= 11 is 6.27. The van der Waals surface area contributed by atoms with Crippen LogP contribution in [0.4, 0.5) is 5.69 Å². The second-order valence-corrected chi connectivity index (χ2v) is 9.05. The zero-order valence-electron chi connectivity index (χ0n) is 16.7. The standard InChI is InChI=1S/C23H23ClN2O3S/c1-3-21(17-7-5-4-6-8-17)25-23(27)18-11-14-22(20(24)15-18)26-30(28,29)19-12-9-16(2)10-13-19/h4-15,21,26H,3H2,1-2H3,(H,25,27)/t21-/m1/s1. The average molecular weight is 443 g/mol. The molecule has 0 aliphatic heterocycles. The highest BCUT2D eigenvalue weighted by atomic mass is 35.5. The third-order valence-corrected chi connectivity index (χ3v) is 6.42. The first-order valence-corrected chi connectivity index (χ1v) is 11.4. The minimum atomic E-state index is -3.78. The van der Waals surface area contributed by atoms with E-state index < -0.39 is 10.0 Å². The van der Waals surface area contributed by atoms with Gasteiger partial charge in [-0.3, -0.25) is 9.52 Å². The smallest absolute Gasteiger partial charge is 0.261 e. The molecule has 0 fully saturated rings. The van der Waals surface area contributed by atoms with Gasteiger partial charge in [-0.25, -0.2) is 8.42 Å². The fraction of sp³-hybridized carbons (Fsp3) is 0.174. The van der Waals surface area contributed by atoms with Crippen molar-refractivity contribution in [3.63, 3.8) is 0 Å². The third kappa shape index (κ3) is 5.20. The maximum atomic E-state index is 12.7.